The number of hydrogen-bond donors (Lipinski definition) is 3. The Hall–Kier alpha value is -3.56. The van der Waals surface area contributed by atoms with Crippen molar-refractivity contribution < 1.29 is 4.79 Å². The first-order chi connectivity index (χ1) is 11.5. The van der Waals surface area contributed by atoms with Crippen molar-refractivity contribution in [3.05, 3.63) is 56.9 Å². The molecule has 0 bridgehead atoms. The minimum Gasteiger partial charge on any atom is -0.288 e. The quantitative estimate of drug-likeness (QED) is 0.541. The second-order valence-electron chi connectivity index (χ2n) is 4.96. The van der Waals surface area contributed by atoms with E-state index in [-0.39, 0.29) is 23.7 Å². The van der Waals surface area contributed by atoms with Crippen LogP contribution in [0.15, 0.2) is 40.1 Å². The zero-order valence-corrected chi connectivity index (χ0v) is 12.6. The summed E-state index contributed by atoms with van der Waals surface area (Å²) in [4.78, 5) is 37.9. The lowest BCUT2D eigenvalue weighted by Crippen LogP contribution is -2.37. The van der Waals surface area contributed by atoms with Crippen molar-refractivity contribution >= 4 is 22.6 Å². The number of H-pyrrole nitrogens is 1. The molecule has 0 saturated carbocycles. The van der Waals surface area contributed by atoms with E-state index in [1.54, 1.807) is 24.3 Å². The van der Waals surface area contributed by atoms with Crippen molar-refractivity contribution in [2.45, 2.75) is 13.5 Å². The molecule has 0 fully saturated rings. The van der Waals surface area contributed by atoms with Crippen molar-refractivity contribution in [3.63, 3.8) is 0 Å². The summed E-state index contributed by atoms with van der Waals surface area (Å²) in [6.45, 7) is 1.21. The minimum atomic E-state index is -0.539. The molecule has 0 aliphatic heterocycles. The van der Waals surface area contributed by atoms with Crippen LogP contribution < -0.4 is 22.0 Å². The number of hydrogen-bond acceptors (Lipinski definition) is 7. The van der Waals surface area contributed by atoms with Gasteiger partial charge >= 0.3 is 0 Å². The maximum Gasteiger partial charge on any atom is 0.275 e. The molecule has 0 aliphatic carbocycles. The number of benzene rings is 1. The summed E-state index contributed by atoms with van der Waals surface area (Å²) in [6, 6.07) is 6.97. The molecule has 0 radical (unpaired) electrons. The first-order valence-electron chi connectivity index (χ1n) is 6.98. The van der Waals surface area contributed by atoms with Crippen LogP contribution in [0.2, 0.25) is 0 Å². The van der Waals surface area contributed by atoms with Crippen LogP contribution in [0.4, 0.5) is 5.95 Å². The number of carbonyl (C=O) groups excluding carboxylic acids is 1. The van der Waals surface area contributed by atoms with Crippen LogP contribution in [0.25, 0.3) is 10.8 Å². The zero-order valence-electron chi connectivity index (χ0n) is 12.6. The van der Waals surface area contributed by atoms with Gasteiger partial charge in [-0.15, -0.1) is 10.2 Å². The Morgan fingerprint density at radius 2 is 2.04 bits per heavy atom. The minimum absolute atomic E-state index is 0.0160. The molecule has 0 aliphatic rings. The van der Waals surface area contributed by atoms with Gasteiger partial charge in [-0.3, -0.25) is 30.2 Å². The topological polar surface area (TPSA) is 135 Å². The maximum absolute atomic E-state index is 12.3. The third-order valence-electron chi connectivity index (χ3n) is 3.24. The van der Waals surface area contributed by atoms with Gasteiger partial charge in [-0.25, -0.2) is 4.68 Å². The molecular formula is C14H13N7O3. The predicted octanol–water partition coefficient (Wildman–Crippen LogP) is -0.673. The Kier molecular flexibility index (Phi) is 4.01. The number of rotatable bonds is 4. The molecule has 0 unspecified atom stereocenters. The molecule has 2 heterocycles. The highest BCUT2D eigenvalue weighted by Gasteiger charge is 2.08. The van der Waals surface area contributed by atoms with Crippen LogP contribution in [-0.4, -0.2) is 30.9 Å². The number of nitrogens with one attached hydrogen (secondary N) is 3. The molecule has 3 aromatic rings. The highest BCUT2D eigenvalue weighted by Crippen LogP contribution is 2.06. The number of carbonyl (C=O) groups is 1. The number of aromatic nitrogens is 5. The molecule has 1 amide bonds. The van der Waals surface area contributed by atoms with Crippen molar-refractivity contribution in [3.8, 4) is 0 Å². The first-order valence-corrected chi connectivity index (χ1v) is 6.98. The summed E-state index contributed by atoms with van der Waals surface area (Å²) in [5, 5.41) is 12.4. The van der Waals surface area contributed by atoms with E-state index >= 15 is 0 Å². The molecule has 2 aromatic heterocycles. The van der Waals surface area contributed by atoms with E-state index in [1.165, 1.54) is 13.1 Å². The Morgan fingerprint density at radius 1 is 1.25 bits per heavy atom. The number of hydrazine groups is 1. The average Bonchev–Trinajstić information content (AvgIpc) is 2.59. The van der Waals surface area contributed by atoms with Gasteiger partial charge in [-0.05, 0) is 13.0 Å². The van der Waals surface area contributed by atoms with Gasteiger partial charge in [0.05, 0.1) is 11.6 Å². The van der Waals surface area contributed by atoms with Gasteiger partial charge in [0.1, 0.15) is 12.2 Å². The highest BCUT2D eigenvalue weighted by atomic mass is 16.2. The number of amides is 1. The smallest absolute Gasteiger partial charge is 0.275 e. The summed E-state index contributed by atoms with van der Waals surface area (Å²) < 4.78 is 1.04. The molecule has 10 heteroatoms. The third-order valence-corrected chi connectivity index (χ3v) is 3.24. The van der Waals surface area contributed by atoms with E-state index in [9.17, 15) is 14.4 Å². The summed E-state index contributed by atoms with van der Waals surface area (Å²) in [5.41, 5.74) is 4.14. The lowest BCUT2D eigenvalue weighted by atomic mass is 10.2. The molecule has 3 N–H and O–H groups in total. The summed E-state index contributed by atoms with van der Waals surface area (Å²) >= 11 is 0. The van der Waals surface area contributed by atoms with Gasteiger partial charge in [0.25, 0.3) is 17.0 Å². The second kappa shape index (κ2) is 6.28. The largest absolute Gasteiger partial charge is 0.288 e. The molecule has 24 heavy (non-hydrogen) atoms. The van der Waals surface area contributed by atoms with E-state index in [0.717, 1.165) is 4.68 Å². The Bertz CT molecular complexity index is 1020. The number of fused-ring (bicyclic) bond motifs is 1. The summed E-state index contributed by atoms with van der Waals surface area (Å²) in [6.07, 6.45) is 1.51. The van der Waals surface area contributed by atoms with Crippen LogP contribution in [0, 0.1) is 6.92 Å². The van der Waals surface area contributed by atoms with Gasteiger partial charge < -0.3 is 0 Å². The fraction of sp³-hybridized carbons (Fsp3) is 0.143. The Labute approximate surface area is 134 Å². The molecular weight excluding hydrogens is 314 g/mol. The van der Waals surface area contributed by atoms with Crippen LogP contribution in [0.5, 0.6) is 0 Å². The van der Waals surface area contributed by atoms with E-state index < -0.39 is 11.5 Å². The fourth-order valence-corrected chi connectivity index (χ4v) is 1.99. The van der Waals surface area contributed by atoms with E-state index in [0.29, 0.717) is 10.8 Å². The SMILES string of the molecule is Cc1nnc(NNC(=O)Cn2ncc3ccccc3c2=O)[nH]c1=O. The van der Waals surface area contributed by atoms with Gasteiger partial charge in [0, 0.05) is 5.39 Å². The van der Waals surface area contributed by atoms with Crippen molar-refractivity contribution in [2.24, 2.45) is 0 Å². The molecule has 0 spiro atoms. The monoisotopic (exact) mass is 327 g/mol. The van der Waals surface area contributed by atoms with Crippen LogP contribution in [-0.2, 0) is 11.3 Å². The molecule has 10 nitrogen and oxygen atoms in total. The summed E-state index contributed by atoms with van der Waals surface area (Å²) in [5.74, 6) is -0.555. The number of aromatic amines is 1. The number of anilines is 1. The van der Waals surface area contributed by atoms with Crippen molar-refractivity contribution in [1.82, 2.24) is 30.4 Å². The lowest BCUT2D eigenvalue weighted by molar-refractivity contribution is -0.121. The van der Waals surface area contributed by atoms with Gasteiger partial charge in [-0.1, -0.05) is 18.2 Å². The zero-order chi connectivity index (χ0) is 17.1. The summed E-state index contributed by atoms with van der Waals surface area (Å²) in [7, 11) is 0. The molecule has 3 rings (SSSR count). The lowest BCUT2D eigenvalue weighted by Gasteiger charge is -2.08. The van der Waals surface area contributed by atoms with Crippen LogP contribution >= 0.6 is 0 Å². The molecule has 122 valence electrons. The van der Waals surface area contributed by atoms with Crippen LogP contribution in [0.1, 0.15) is 5.69 Å². The molecule has 0 atom stereocenters. The van der Waals surface area contributed by atoms with Crippen molar-refractivity contribution in [1.29, 1.82) is 0 Å². The first kappa shape index (κ1) is 15.3. The molecule has 0 saturated heterocycles. The van der Waals surface area contributed by atoms with E-state index in [1.807, 2.05) is 0 Å². The predicted molar refractivity (Wildman–Crippen MR) is 85.2 cm³/mol. The van der Waals surface area contributed by atoms with E-state index in [2.05, 4.69) is 31.1 Å². The van der Waals surface area contributed by atoms with E-state index in [4.69, 9.17) is 0 Å². The average molecular weight is 327 g/mol. The highest BCUT2D eigenvalue weighted by molar-refractivity contribution is 5.81. The van der Waals surface area contributed by atoms with Crippen LogP contribution in [0.3, 0.4) is 0 Å². The molecule has 1 aromatic carbocycles. The van der Waals surface area contributed by atoms with Gasteiger partial charge in [-0.2, -0.15) is 5.10 Å². The van der Waals surface area contributed by atoms with Gasteiger partial charge in [0.2, 0.25) is 5.95 Å². The normalized spacial score (nSPS) is 10.5. The Balaban J connectivity index is 1.71. The second-order valence-corrected chi connectivity index (χ2v) is 4.96. The number of nitrogens with zero attached hydrogens (tertiary/aromatic N) is 4. The standard InChI is InChI=1S/C14H13N7O3/c1-8-12(23)16-14(19-17-8)20-18-11(22)7-21-13(24)10-5-3-2-4-9(10)6-15-21/h2-6H,7H2,1H3,(H,18,22)(H2,16,19,20,23). The number of aryl methyl sites for hydroxylation is 1. The van der Waals surface area contributed by atoms with Gasteiger partial charge in [0.15, 0.2) is 0 Å². The Morgan fingerprint density at radius 3 is 2.83 bits per heavy atom. The fourth-order valence-electron chi connectivity index (χ4n) is 1.99. The third kappa shape index (κ3) is 3.11. The maximum atomic E-state index is 12.3. The van der Waals surface area contributed by atoms with Crippen molar-refractivity contribution in [2.75, 3.05) is 5.43 Å².